The van der Waals surface area contributed by atoms with E-state index < -0.39 is 0 Å². The number of rotatable bonds is 7. The van der Waals surface area contributed by atoms with E-state index in [-0.39, 0.29) is 5.92 Å². The smallest absolute Gasteiger partial charge is 0.225 e. The molecule has 1 aromatic heterocycles. The molecule has 0 radical (unpaired) electrons. The summed E-state index contributed by atoms with van der Waals surface area (Å²) in [5, 5.41) is 3.28. The zero-order valence-electron chi connectivity index (χ0n) is 17.8. The number of piperazine rings is 1. The van der Waals surface area contributed by atoms with Gasteiger partial charge in [0.1, 0.15) is 12.4 Å². The highest BCUT2D eigenvalue weighted by atomic mass is 32.1. The van der Waals surface area contributed by atoms with Gasteiger partial charge in [-0.3, -0.25) is 14.6 Å². The zero-order chi connectivity index (χ0) is 20.8. The Morgan fingerprint density at radius 3 is 2.47 bits per heavy atom. The molecule has 1 amide bonds. The fraction of sp³-hybridized carbons (Fsp3) is 0.565. The van der Waals surface area contributed by atoms with Crippen molar-refractivity contribution in [2.75, 3.05) is 52.4 Å². The number of nitrogens with zero attached hydrogens (tertiary/aromatic N) is 4. The number of hydrogen-bond acceptors (Lipinski definition) is 6. The maximum atomic E-state index is 13.0. The monoisotopic (exact) mass is 428 g/mol. The number of carbonyl (C=O) groups is 1. The quantitative estimate of drug-likeness (QED) is 0.679. The van der Waals surface area contributed by atoms with Gasteiger partial charge in [-0.1, -0.05) is 18.2 Å². The van der Waals surface area contributed by atoms with E-state index in [9.17, 15) is 4.79 Å². The Bertz CT molecular complexity index is 797. The predicted octanol–water partition coefficient (Wildman–Crippen LogP) is 2.89. The molecule has 1 aromatic carbocycles. The van der Waals surface area contributed by atoms with E-state index in [1.807, 2.05) is 30.3 Å². The Morgan fingerprint density at radius 1 is 1.07 bits per heavy atom. The Balaban J connectivity index is 1.14. The van der Waals surface area contributed by atoms with Crippen LogP contribution < -0.4 is 4.74 Å². The SMILES string of the molecule is Cc1nc(CN2CCC(C(=O)N3CCN(CCOc4ccccc4)CC3)CC2)cs1. The molecule has 2 saturated heterocycles. The molecule has 0 unspecified atom stereocenters. The summed E-state index contributed by atoms with van der Waals surface area (Å²) in [6.45, 7) is 10.1. The summed E-state index contributed by atoms with van der Waals surface area (Å²) in [4.78, 5) is 24.5. The number of para-hydroxylation sites is 1. The summed E-state index contributed by atoms with van der Waals surface area (Å²) in [5.41, 5.74) is 1.16. The number of thiazole rings is 1. The van der Waals surface area contributed by atoms with Crippen molar-refractivity contribution in [3.8, 4) is 5.75 Å². The molecule has 30 heavy (non-hydrogen) atoms. The predicted molar refractivity (Wildman–Crippen MR) is 120 cm³/mol. The highest BCUT2D eigenvalue weighted by molar-refractivity contribution is 7.09. The van der Waals surface area contributed by atoms with Gasteiger partial charge in [-0.2, -0.15) is 0 Å². The van der Waals surface area contributed by atoms with Crippen LogP contribution in [0.15, 0.2) is 35.7 Å². The average Bonchev–Trinajstić information content (AvgIpc) is 3.19. The number of amides is 1. The van der Waals surface area contributed by atoms with Crippen molar-refractivity contribution in [2.24, 2.45) is 5.92 Å². The molecule has 0 saturated carbocycles. The number of aryl methyl sites for hydroxylation is 1. The molecule has 0 atom stereocenters. The third-order valence-electron chi connectivity index (χ3n) is 6.09. The van der Waals surface area contributed by atoms with Crippen molar-refractivity contribution in [2.45, 2.75) is 26.3 Å². The second-order valence-electron chi connectivity index (χ2n) is 8.24. The summed E-state index contributed by atoms with van der Waals surface area (Å²) >= 11 is 1.71. The van der Waals surface area contributed by atoms with Gasteiger partial charge in [0.2, 0.25) is 5.91 Å². The van der Waals surface area contributed by atoms with Gasteiger partial charge in [0.25, 0.3) is 0 Å². The lowest BCUT2D eigenvalue weighted by molar-refractivity contribution is -0.139. The number of hydrogen-bond donors (Lipinski definition) is 0. The molecule has 7 heteroatoms. The van der Waals surface area contributed by atoms with Crippen LogP contribution in [0.1, 0.15) is 23.5 Å². The van der Waals surface area contributed by atoms with Crippen LogP contribution in [0.25, 0.3) is 0 Å². The number of ether oxygens (including phenoxy) is 1. The first-order valence-corrected chi connectivity index (χ1v) is 11.9. The van der Waals surface area contributed by atoms with Gasteiger partial charge in [0.05, 0.1) is 10.7 Å². The molecule has 3 heterocycles. The molecule has 4 rings (SSSR count). The molecule has 162 valence electrons. The van der Waals surface area contributed by atoms with Crippen LogP contribution in [0.3, 0.4) is 0 Å². The topological polar surface area (TPSA) is 48.9 Å². The maximum absolute atomic E-state index is 13.0. The third-order valence-corrected chi connectivity index (χ3v) is 6.91. The second kappa shape index (κ2) is 10.4. The third kappa shape index (κ3) is 5.80. The Labute approximate surface area is 183 Å². The highest BCUT2D eigenvalue weighted by Gasteiger charge is 2.30. The van der Waals surface area contributed by atoms with Gasteiger partial charge in [-0.15, -0.1) is 11.3 Å². The molecule has 0 bridgehead atoms. The summed E-state index contributed by atoms with van der Waals surface area (Å²) < 4.78 is 5.80. The Morgan fingerprint density at radius 2 is 1.80 bits per heavy atom. The van der Waals surface area contributed by atoms with Crippen LogP contribution in [-0.4, -0.2) is 78.0 Å². The first-order chi connectivity index (χ1) is 14.7. The van der Waals surface area contributed by atoms with Crippen LogP contribution in [0.5, 0.6) is 5.75 Å². The van der Waals surface area contributed by atoms with Crippen LogP contribution >= 0.6 is 11.3 Å². The number of piperidine rings is 1. The van der Waals surface area contributed by atoms with Gasteiger partial charge in [-0.05, 0) is 45.0 Å². The lowest BCUT2D eigenvalue weighted by atomic mass is 9.95. The van der Waals surface area contributed by atoms with Crippen molar-refractivity contribution in [1.29, 1.82) is 0 Å². The van der Waals surface area contributed by atoms with Crippen molar-refractivity contribution in [3.63, 3.8) is 0 Å². The molecule has 2 aromatic rings. The molecule has 0 N–H and O–H groups in total. The van der Waals surface area contributed by atoms with E-state index in [0.717, 1.165) is 81.7 Å². The summed E-state index contributed by atoms with van der Waals surface area (Å²) in [5.74, 6) is 1.47. The lowest BCUT2D eigenvalue weighted by Crippen LogP contribution is -2.52. The van der Waals surface area contributed by atoms with Gasteiger partial charge in [0, 0.05) is 50.6 Å². The summed E-state index contributed by atoms with van der Waals surface area (Å²) in [7, 11) is 0. The molecule has 6 nitrogen and oxygen atoms in total. The molecular weight excluding hydrogens is 396 g/mol. The fourth-order valence-corrected chi connectivity index (χ4v) is 4.91. The molecular formula is C23H32N4O2S. The number of benzene rings is 1. The van der Waals surface area contributed by atoms with E-state index in [2.05, 4.69) is 32.0 Å². The largest absolute Gasteiger partial charge is 0.492 e. The summed E-state index contributed by atoms with van der Waals surface area (Å²) in [6.07, 6.45) is 1.93. The van der Waals surface area contributed by atoms with Crippen LogP contribution in [0.4, 0.5) is 0 Å². The average molecular weight is 429 g/mol. The van der Waals surface area contributed by atoms with Crippen LogP contribution in [0.2, 0.25) is 0 Å². The van der Waals surface area contributed by atoms with Crippen molar-refractivity contribution in [1.82, 2.24) is 19.7 Å². The van der Waals surface area contributed by atoms with Gasteiger partial charge < -0.3 is 9.64 Å². The number of carbonyl (C=O) groups excluding carboxylic acids is 1. The molecule has 0 aliphatic carbocycles. The Kier molecular flexibility index (Phi) is 7.36. The van der Waals surface area contributed by atoms with Gasteiger partial charge >= 0.3 is 0 Å². The van der Waals surface area contributed by atoms with Gasteiger partial charge in [0.15, 0.2) is 0 Å². The summed E-state index contributed by atoms with van der Waals surface area (Å²) in [6, 6.07) is 9.95. The number of aromatic nitrogens is 1. The number of likely N-dealkylation sites (tertiary alicyclic amines) is 1. The van der Waals surface area contributed by atoms with Crippen molar-refractivity contribution >= 4 is 17.2 Å². The van der Waals surface area contributed by atoms with E-state index in [1.165, 1.54) is 0 Å². The van der Waals surface area contributed by atoms with Gasteiger partial charge in [-0.25, -0.2) is 4.98 Å². The molecule has 0 spiro atoms. The molecule has 2 aliphatic rings. The van der Waals surface area contributed by atoms with Crippen molar-refractivity contribution in [3.05, 3.63) is 46.4 Å². The van der Waals surface area contributed by atoms with E-state index in [0.29, 0.717) is 12.5 Å². The minimum Gasteiger partial charge on any atom is -0.492 e. The highest BCUT2D eigenvalue weighted by Crippen LogP contribution is 2.22. The van der Waals surface area contributed by atoms with Crippen LogP contribution in [0, 0.1) is 12.8 Å². The first kappa shape index (κ1) is 21.3. The fourth-order valence-electron chi connectivity index (χ4n) is 4.31. The standard InChI is InChI=1S/C23H32N4O2S/c1-19-24-21(18-30-19)17-26-9-7-20(8-10-26)23(28)27-13-11-25(12-14-27)15-16-29-22-5-3-2-4-6-22/h2-6,18,20H,7-17H2,1H3. The Hall–Kier alpha value is -1.96. The van der Waals surface area contributed by atoms with E-state index >= 15 is 0 Å². The second-order valence-corrected chi connectivity index (χ2v) is 9.30. The molecule has 2 aliphatic heterocycles. The van der Waals surface area contributed by atoms with E-state index in [4.69, 9.17) is 4.74 Å². The van der Waals surface area contributed by atoms with Crippen LogP contribution in [-0.2, 0) is 11.3 Å². The van der Waals surface area contributed by atoms with E-state index in [1.54, 1.807) is 11.3 Å². The lowest BCUT2D eigenvalue weighted by Gasteiger charge is -2.38. The minimum absolute atomic E-state index is 0.186. The van der Waals surface area contributed by atoms with Crippen molar-refractivity contribution < 1.29 is 9.53 Å². The normalized spacial score (nSPS) is 19.2. The first-order valence-electron chi connectivity index (χ1n) is 11.0. The maximum Gasteiger partial charge on any atom is 0.225 e. The minimum atomic E-state index is 0.186. The molecule has 2 fully saturated rings. The zero-order valence-corrected chi connectivity index (χ0v) is 18.6.